The topological polar surface area (TPSA) is 58.3 Å². The summed E-state index contributed by atoms with van der Waals surface area (Å²) in [5, 5.41) is 13.3. The van der Waals surface area contributed by atoms with Gasteiger partial charge >= 0.3 is 0 Å². The molecule has 0 spiro atoms. The predicted molar refractivity (Wildman–Crippen MR) is 138 cm³/mol. The minimum absolute atomic E-state index is 0.144. The summed E-state index contributed by atoms with van der Waals surface area (Å²) in [4.78, 5) is 0. The van der Waals surface area contributed by atoms with Crippen LogP contribution in [0.25, 0.3) is 0 Å². The summed E-state index contributed by atoms with van der Waals surface area (Å²) < 4.78 is 0. The fourth-order valence-electron chi connectivity index (χ4n) is 4.43. The second-order valence-electron chi connectivity index (χ2n) is 9.74. The third-order valence-electron chi connectivity index (χ3n) is 6.31. The molecule has 4 N–H and O–H groups in total. The highest BCUT2D eigenvalue weighted by atomic mass is 16.3. The summed E-state index contributed by atoms with van der Waals surface area (Å²) in [6, 6.07) is 16.7. The zero-order valence-electron chi connectivity index (χ0n) is 20.6. The summed E-state index contributed by atoms with van der Waals surface area (Å²) in [5.41, 5.74) is 17.2. The summed E-state index contributed by atoms with van der Waals surface area (Å²) in [6.07, 6.45) is 0.898. The van der Waals surface area contributed by atoms with E-state index in [-0.39, 0.29) is 6.04 Å². The van der Waals surface area contributed by atoms with Crippen LogP contribution in [0.4, 0.5) is 11.4 Å². The first-order chi connectivity index (χ1) is 15.1. The maximum atomic E-state index is 9.59. The minimum atomic E-state index is 0.144. The molecule has 3 rings (SSSR count). The molecule has 0 aliphatic heterocycles. The van der Waals surface area contributed by atoms with Crippen molar-refractivity contribution in [1.29, 1.82) is 0 Å². The maximum Gasteiger partial charge on any atom is 0.115 e. The van der Waals surface area contributed by atoms with E-state index in [0.29, 0.717) is 17.6 Å². The summed E-state index contributed by atoms with van der Waals surface area (Å²) in [6.45, 7) is 15.4. The van der Waals surface area contributed by atoms with E-state index in [1.165, 1.54) is 33.5 Å². The third-order valence-corrected chi connectivity index (χ3v) is 6.31. The molecule has 0 aliphatic carbocycles. The SMILES string of the molecule is Cc1cc(Cc2cc(C)c(NC(C)c3ccc(O)cc3)c(C(C)C)c2)cc(C(C)C)c1N. The van der Waals surface area contributed by atoms with Gasteiger partial charge in [0.2, 0.25) is 0 Å². The number of hydrogen-bond donors (Lipinski definition) is 3. The molecular weight excluding hydrogens is 392 g/mol. The highest BCUT2D eigenvalue weighted by Gasteiger charge is 2.16. The summed E-state index contributed by atoms with van der Waals surface area (Å²) in [7, 11) is 0. The van der Waals surface area contributed by atoms with Crippen LogP contribution in [0.2, 0.25) is 0 Å². The molecular formula is C29H38N2O. The molecule has 1 atom stereocenters. The molecule has 0 amide bonds. The average molecular weight is 431 g/mol. The van der Waals surface area contributed by atoms with Crippen molar-refractivity contribution in [2.45, 2.75) is 72.8 Å². The fourth-order valence-corrected chi connectivity index (χ4v) is 4.43. The van der Waals surface area contributed by atoms with Crippen LogP contribution in [-0.2, 0) is 6.42 Å². The van der Waals surface area contributed by atoms with Gasteiger partial charge in [0.05, 0.1) is 0 Å². The van der Waals surface area contributed by atoms with Crippen LogP contribution >= 0.6 is 0 Å². The van der Waals surface area contributed by atoms with E-state index < -0.39 is 0 Å². The van der Waals surface area contributed by atoms with Crippen molar-refractivity contribution < 1.29 is 5.11 Å². The molecule has 32 heavy (non-hydrogen) atoms. The molecule has 170 valence electrons. The number of hydrogen-bond acceptors (Lipinski definition) is 3. The molecule has 0 bridgehead atoms. The van der Waals surface area contributed by atoms with E-state index in [1.807, 2.05) is 12.1 Å². The smallest absolute Gasteiger partial charge is 0.115 e. The maximum absolute atomic E-state index is 9.59. The largest absolute Gasteiger partial charge is 0.508 e. The van der Waals surface area contributed by atoms with Crippen LogP contribution in [0, 0.1) is 13.8 Å². The standard InChI is InChI=1S/C29H38N2O/c1-17(2)26-15-22(12-19(5)28(26)30)14-23-13-20(6)29(27(16-23)18(3)4)31-21(7)24-8-10-25(32)11-9-24/h8-13,15-18,21,31-32H,14,30H2,1-7H3. The van der Waals surface area contributed by atoms with Crippen molar-refractivity contribution >= 4 is 11.4 Å². The van der Waals surface area contributed by atoms with Gasteiger partial charge in [-0.25, -0.2) is 0 Å². The lowest BCUT2D eigenvalue weighted by atomic mass is 9.90. The molecule has 3 heteroatoms. The van der Waals surface area contributed by atoms with Gasteiger partial charge in [0.1, 0.15) is 5.75 Å². The minimum Gasteiger partial charge on any atom is -0.508 e. The first-order valence-electron chi connectivity index (χ1n) is 11.6. The molecule has 3 aromatic carbocycles. The van der Waals surface area contributed by atoms with Crippen molar-refractivity contribution in [3.8, 4) is 5.75 Å². The van der Waals surface area contributed by atoms with Gasteiger partial charge in [0, 0.05) is 17.4 Å². The van der Waals surface area contributed by atoms with Gasteiger partial charge in [-0.15, -0.1) is 0 Å². The number of aromatic hydroxyl groups is 1. The van der Waals surface area contributed by atoms with Crippen LogP contribution in [-0.4, -0.2) is 5.11 Å². The molecule has 0 aromatic heterocycles. The lowest BCUT2D eigenvalue weighted by molar-refractivity contribution is 0.475. The molecule has 3 nitrogen and oxygen atoms in total. The Labute approximate surface area is 193 Å². The van der Waals surface area contributed by atoms with Crippen molar-refractivity contribution in [3.63, 3.8) is 0 Å². The van der Waals surface area contributed by atoms with Gasteiger partial charge in [-0.3, -0.25) is 0 Å². The van der Waals surface area contributed by atoms with Crippen LogP contribution in [0.1, 0.15) is 91.4 Å². The number of rotatable bonds is 7. The lowest BCUT2D eigenvalue weighted by Gasteiger charge is -2.24. The lowest BCUT2D eigenvalue weighted by Crippen LogP contribution is -2.11. The second kappa shape index (κ2) is 9.68. The molecule has 0 saturated heterocycles. The Morgan fingerprint density at radius 2 is 1.31 bits per heavy atom. The summed E-state index contributed by atoms with van der Waals surface area (Å²) in [5.74, 6) is 1.11. The first kappa shape index (κ1) is 23.7. The molecule has 0 fully saturated rings. The molecule has 3 aromatic rings. The quantitative estimate of drug-likeness (QED) is 0.338. The predicted octanol–water partition coefficient (Wildman–Crippen LogP) is 7.60. The highest BCUT2D eigenvalue weighted by molar-refractivity contribution is 5.62. The van der Waals surface area contributed by atoms with Crippen LogP contribution in [0.5, 0.6) is 5.75 Å². The number of phenolic OH excluding ortho intramolecular Hbond substituents is 1. The molecule has 0 radical (unpaired) electrons. The molecule has 0 saturated carbocycles. The Balaban J connectivity index is 1.93. The van der Waals surface area contributed by atoms with Crippen molar-refractivity contribution in [2.24, 2.45) is 0 Å². The van der Waals surface area contributed by atoms with Gasteiger partial charge in [-0.2, -0.15) is 0 Å². The average Bonchev–Trinajstić information content (AvgIpc) is 2.72. The Kier molecular flexibility index (Phi) is 7.18. The Morgan fingerprint density at radius 1 is 0.781 bits per heavy atom. The van der Waals surface area contributed by atoms with E-state index in [2.05, 4.69) is 78.0 Å². The normalized spacial score (nSPS) is 12.4. The zero-order valence-corrected chi connectivity index (χ0v) is 20.6. The van der Waals surface area contributed by atoms with E-state index in [0.717, 1.165) is 23.2 Å². The van der Waals surface area contributed by atoms with Gasteiger partial charge in [0.25, 0.3) is 0 Å². The zero-order chi connectivity index (χ0) is 23.6. The number of phenols is 1. The number of aryl methyl sites for hydroxylation is 2. The van der Waals surface area contributed by atoms with Gasteiger partial charge in [-0.05, 0) is 90.1 Å². The van der Waals surface area contributed by atoms with Gasteiger partial charge in [-0.1, -0.05) is 64.1 Å². The van der Waals surface area contributed by atoms with Crippen molar-refractivity contribution in [1.82, 2.24) is 0 Å². The second-order valence-corrected chi connectivity index (χ2v) is 9.74. The number of benzene rings is 3. The Hall–Kier alpha value is -2.94. The van der Waals surface area contributed by atoms with Crippen LogP contribution in [0.3, 0.4) is 0 Å². The van der Waals surface area contributed by atoms with Gasteiger partial charge in [0.15, 0.2) is 0 Å². The van der Waals surface area contributed by atoms with Crippen LogP contribution < -0.4 is 11.1 Å². The van der Waals surface area contributed by atoms with E-state index in [4.69, 9.17) is 5.73 Å². The van der Waals surface area contributed by atoms with Crippen LogP contribution in [0.15, 0.2) is 48.5 Å². The summed E-state index contributed by atoms with van der Waals surface area (Å²) >= 11 is 0. The molecule has 0 heterocycles. The number of nitrogen functional groups attached to an aromatic ring is 1. The Bertz CT molecular complexity index is 1080. The fraction of sp³-hybridized carbons (Fsp3) is 0.379. The Morgan fingerprint density at radius 3 is 1.88 bits per heavy atom. The van der Waals surface area contributed by atoms with Crippen molar-refractivity contribution in [2.75, 3.05) is 11.1 Å². The third kappa shape index (κ3) is 5.27. The number of nitrogens with two attached hydrogens (primary N) is 1. The highest BCUT2D eigenvalue weighted by Crippen LogP contribution is 2.34. The van der Waals surface area contributed by atoms with E-state index in [1.54, 1.807) is 12.1 Å². The van der Waals surface area contributed by atoms with E-state index >= 15 is 0 Å². The van der Waals surface area contributed by atoms with E-state index in [9.17, 15) is 5.11 Å². The van der Waals surface area contributed by atoms with Gasteiger partial charge < -0.3 is 16.2 Å². The molecule has 1 unspecified atom stereocenters. The molecule has 0 aliphatic rings. The first-order valence-corrected chi connectivity index (χ1v) is 11.6. The monoisotopic (exact) mass is 430 g/mol. The number of anilines is 2. The number of nitrogens with one attached hydrogen (secondary N) is 1. The van der Waals surface area contributed by atoms with Crippen molar-refractivity contribution in [3.05, 3.63) is 87.5 Å².